The lowest BCUT2D eigenvalue weighted by molar-refractivity contribution is 0.0739. The molecule has 4 nitrogen and oxygen atoms in total. The number of nitrogens with zero attached hydrogens (tertiary/aromatic N) is 1. The molecule has 0 fully saturated rings. The van der Waals surface area contributed by atoms with E-state index in [9.17, 15) is 13.2 Å². The Hall–Kier alpha value is -2.44. The van der Waals surface area contributed by atoms with E-state index in [0.717, 1.165) is 16.9 Å². The van der Waals surface area contributed by atoms with Gasteiger partial charge in [-0.2, -0.15) is 0 Å². The number of thiophene rings is 1. The van der Waals surface area contributed by atoms with Crippen molar-refractivity contribution in [3.63, 3.8) is 0 Å². The molecule has 0 saturated heterocycles. The second-order valence-electron chi connectivity index (χ2n) is 6.97. The molecule has 1 aromatic heterocycles. The lowest BCUT2D eigenvalue weighted by Gasteiger charge is -2.28. The van der Waals surface area contributed by atoms with Gasteiger partial charge in [-0.15, -0.1) is 11.3 Å². The molecule has 0 saturated carbocycles. The Morgan fingerprint density at radius 2 is 1.70 bits per heavy atom. The van der Waals surface area contributed by atoms with Crippen LogP contribution in [0, 0.1) is 0 Å². The zero-order valence-electron chi connectivity index (χ0n) is 14.5. The SMILES string of the molecule is O=C(c1cc2c(s1)-c1ccccc1S(=O)(=O)C2)N1CCc2ccccc2C1. The maximum absolute atomic E-state index is 13.1. The van der Waals surface area contributed by atoms with Crippen LogP contribution in [-0.4, -0.2) is 25.8 Å². The van der Waals surface area contributed by atoms with Crippen LogP contribution < -0.4 is 0 Å². The number of fused-ring (bicyclic) bond motifs is 4. The highest BCUT2D eigenvalue weighted by molar-refractivity contribution is 7.91. The Morgan fingerprint density at radius 3 is 2.56 bits per heavy atom. The van der Waals surface area contributed by atoms with Crippen LogP contribution in [0.4, 0.5) is 0 Å². The van der Waals surface area contributed by atoms with E-state index in [2.05, 4.69) is 12.1 Å². The van der Waals surface area contributed by atoms with Gasteiger partial charge in [0.25, 0.3) is 5.91 Å². The molecule has 6 heteroatoms. The van der Waals surface area contributed by atoms with Gasteiger partial charge in [-0.25, -0.2) is 8.42 Å². The second-order valence-corrected chi connectivity index (χ2v) is 9.98. The first-order valence-corrected chi connectivity index (χ1v) is 11.3. The first-order chi connectivity index (χ1) is 13.0. The Kier molecular flexibility index (Phi) is 3.74. The molecule has 2 aliphatic heterocycles. The molecule has 0 radical (unpaired) electrons. The predicted octanol–water partition coefficient (Wildman–Crippen LogP) is 3.90. The van der Waals surface area contributed by atoms with Gasteiger partial charge in [-0.1, -0.05) is 42.5 Å². The van der Waals surface area contributed by atoms with Crippen LogP contribution in [0.15, 0.2) is 59.5 Å². The fourth-order valence-corrected chi connectivity index (χ4v) is 6.83. The van der Waals surface area contributed by atoms with Crippen molar-refractivity contribution in [2.45, 2.75) is 23.6 Å². The van der Waals surface area contributed by atoms with Gasteiger partial charge in [0.1, 0.15) is 0 Å². The van der Waals surface area contributed by atoms with Gasteiger partial charge in [-0.3, -0.25) is 4.79 Å². The zero-order chi connectivity index (χ0) is 18.6. The smallest absolute Gasteiger partial charge is 0.264 e. The molecule has 5 rings (SSSR count). The third kappa shape index (κ3) is 2.71. The van der Waals surface area contributed by atoms with E-state index in [0.29, 0.717) is 28.4 Å². The van der Waals surface area contributed by atoms with Crippen LogP contribution >= 0.6 is 11.3 Å². The minimum Gasteiger partial charge on any atom is -0.333 e. The third-order valence-electron chi connectivity index (χ3n) is 5.25. The van der Waals surface area contributed by atoms with E-state index in [4.69, 9.17) is 0 Å². The summed E-state index contributed by atoms with van der Waals surface area (Å²) in [4.78, 5) is 16.8. The van der Waals surface area contributed by atoms with Gasteiger partial charge >= 0.3 is 0 Å². The van der Waals surface area contributed by atoms with Gasteiger partial charge in [0.2, 0.25) is 0 Å². The molecule has 0 aliphatic carbocycles. The Morgan fingerprint density at radius 1 is 0.963 bits per heavy atom. The summed E-state index contributed by atoms with van der Waals surface area (Å²) in [7, 11) is -3.35. The van der Waals surface area contributed by atoms with Gasteiger partial charge in [-0.05, 0) is 35.2 Å². The van der Waals surface area contributed by atoms with Crippen LogP contribution in [-0.2, 0) is 28.6 Å². The predicted molar refractivity (Wildman–Crippen MR) is 106 cm³/mol. The molecular weight excluding hydrogens is 378 g/mol. The van der Waals surface area contributed by atoms with Crippen molar-refractivity contribution in [1.82, 2.24) is 4.90 Å². The summed E-state index contributed by atoms with van der Waals surface area (Å²) in [6.07, 6.45) is 0.851. The summed E-state index contributed by atoms with van der Waals surface area (Å²) in [6, 6.07) is 17.0. The molecule has 1 amide bonds. The normalized spacial score (nSPS) is 17.0. The largest absolute Gasteiger partial charge is 0.333 e. The fourth-order valence-electron chi connectivity index (χ4n) is 3.90. The maximum atomic E-state index is 13.1. The lowest BCUT2D eigenvalue weighted by atomic mass is 10.00. The van der Waals surface area contributed by atoms with Crippen molar-refractivity contribution in [2.24, 2.45) is 0 Å². The van der Waals surface area contributed by atoms with E-state index in [1.807, 2.05) is 29.2 Å². The molecule has 3 aromatic rings. The summed E-state index contributed by atoms with van der Waals surface area (Å²) < 4.78 is 25.1. The van der Waals surface area contributed by atoms with Crippen molar-refractivity contribution in [3.8, 4) is 10.4 Å². The fraction of sp³-hybridized carbons (Fsp3) is 0.190. The number of hydrogen-bond donors (Lipinski definition) is 0. The minimum atomic E-state index is -3.35. The first kappa shape index (κ1) is 16.7. The Balaban J connectivity index is 1.51. The molecule has 136 valence electrons. The standard InChI is InChI=1S/C21H17NO3S2/c23-21(22-10-9-14-5-1-2-6-15(14)12-22)18-11-16-13-27(24,25)19-8-4-3-7-17(19)20(16)26-18/h1-8,11H,9-10,12-13H2. The number of carbonyl (C=O) groups excluding carboxylic acids is 1. The van der Waals surface area contributed by atoms with Crippen molar-refractivity contribution in [2.75, 3.05) is 6.54 Å². The van der Waals surface area contributed by atoms with E-state index < -0.39 is 9.84 Å². The number of sulfone groups is 1. The highest BCUT2D eigenvalue weighted by Gasteiger charge is 2.31. The Bertz CT molecular complexity index is 1180. The first-order valence-electron chi connectivity index (χ1n) is 8.84. The maximum Gasteiger partial charge on any atom is 0.264 e. The summed E-state index contributed by atoms with van der Waals surface area (Å²) in [5.41, 5.74) is 3.93. The number of hydrogen-bond acceptors (Lipinski definition) is 4. The van der Waals surface area contributed by atoms with Crippen LogP contribution in [0.2, 0.25) is 0 Å². The van der Waals surface area contributed by atoms with Crippen LogP contribution in [0.25, 0.3) is 10.4 Å². The van der Waals surface area contributed by atoms with E-state index >= 15 is 0 Å². The molecular formula is C21H17NO3S2. The average Bonchev–Trinajstić information content (AvgIpc) is 3.10. The Labute approximate surface area is 162 Å². The molecule has 0 spiro atoms. The third-order valence-corrected chi connectivity index (χ3v) is 8.17. The number of rotatable bonds is 1. The van der Waals surface area contributed by atoms with Crippen LogP contribution in [0.3, 0.4) is 0 Å². The summed E-state index contributed by atoms with van der Waals surface area (Å²) in [5.74, 6) is -0.0508. The minimum absolute atomic E-state index is 0.0150. The quantitative estimate of drug-likeness (QED) is 0.628. The monoisotopic (exact) mass is 395 g/mol. The summed E-state index contributed by atoms with van der Waals surface area (Å²) in [6.45, 7) is 1.29. The topological polar surface area (TPSA) is 54.5 Å². The summed E-state index contributed by atoms with van der Waals surface area (Å²) in [5, 5.41) is 0. The van der Waals surface area contributed by atoms with Crippen LogP contribution in [0.5, 0.6) is 0 Å². The molecule has 27 heavy (non-hydrogen) atoms. The lowest BCUT2D eigenvalue weighted by Crippen LogP contribution is -2.35. The molecule has 0 unspecified atom stereocenters. The van der Waals surface area contributed by atoms with Gasteiger partial charge in [0.05, 0.1) is 15.5 Å². The van der Waals surface area contributed by atoms with E-state index in [1.54, 1.807) is 18.2 Å². The van der Waals surface area contributed by atoms with Crippen LogP contribution in [0.1, 0.15) is 26.4 Å². The molecule has 2 aliphatic rings. The number of amides is 1. The van der Waals surface area contributed by atoms with E-state index in [-0.39, 0.29) is 11.7 Å². The molecule has 0 atom stereocenters. The highest BCUT2D eigenvalue weighted by atomic mass is 32.2. The van der Waals surface area contributed by atoms with Gasteiger partial charge < -0.3 is 4.90 Å². The van der Waals surface area contributed by atoms with Crippen molar-refractivity contribution in [1.29, 1.82) is 0 Å². The van der Waals surface area contributed by atoms with Gasteiger partial charge in [0, 0.05) is 23.5 Å². The molecule has 0 bridgehead atoms. The van der Waals surface area contributed by atoms with Crippen molar-refractivity contribution >= 4 is 27.1 Å². The number of benzene rings is 2. The second kappa shape index (κ2) is 6.04. The van der Waals surface area contributed by atoms with Crippen molar-refractivity contribution < 1.29 is 13.2 Å². The summed E-state index contributed by atoms with van der Waals surface area (Å²) >= 11 is 1.41. The van der Waals surface area contributed by atoms with E-state index in [1.165, 1.54) is 22.5 Å². The number of carbonyl (C=O) groups is 1. The molecule has 3 heterocycles. The molecule has 0 N–H and O–H groups in total. The van der Waals surface area contributed by atoms with Gasteiger partial charge in [0.15, 0.2) is 9.84 Å². The average molecular weight is 396 g/mol. The molecule has 2 aromatic carbocycles. The zero-order valence-corrected chi connectivity index (χ0v) is 16.1. The highest BCUT2D eigenvalue weighted by Crippen LogP contribution is 2.43. The van der Waals surface area contributed by atoms with Crippen molar-refractivity contribution in [3.05, 3.63) is 76.2 Å².